The van der Waals surface area contributed by atoms with Gasteiger partial charge in [-0.25, -0.2) is 0 Å². The van der Waals surface area contributed by atoms with Crippen molar-refractivity contribution in [2.75, 3.05) is 32.8 Å². The van der Waals surface area contributed by atoms with E-state index in [1.807, 2.05) is 0 Å². The van der Waals surface area contributed by atoms with Gasteiger partial charge in [-0.05, 0) is 38.1 Å². The summed E-state index contributed by atoms with van der Waals surface area (Å²) in [6, 6.07) is 0.480. The Labute approximate surface area is 93.0 Å². The predicted octanol–water partition coefficient (Wildman–Crippen LogP) is 1.23. The van der Waals surface area contributed by atoms with Gasteiger partial charge in [0.05, 0.1) is 6.61 Å². The summed E-state index contributed by atoms with van der Waals surface area (Å²) in [5.41, 5.74) is 6.08. The van der Waals surface area contributed by atoms with Gasteiger partial charge in [-0.3, -0.25) is 0 Å². The van der Waals surface area contributed by atoms with Crippen LogP contribution in [0.2, 0.25) is 0 Å². The summed E-state index contributed by atoms with van der Waals surface area (Å²) in [5, 5.41) is 0. The van der Waals surface area contributed by atoms with Crippen LogP contribution >= 0.6 is 0 Å². The SMILES string of the molecule is NC1CCCC1CCN1CCCOCC1. The van der Waals surface area contributed by atoms with Gasteiger partial charge in [0.2, 0.25) is 0 Å². The molecule has 2 fully saturated rings. The standard InChI is InChI=1S/C12H24N2O/c13-12-4-1-3-11(12)5-7-14-6-2-9-15-10-8-14/h11-12H,1-10,13H2. The molecule has 1 saturated heterocycles. The Morgan fingerprint density at radius 3 is 2.87 bits per heavy atom. The molecule has 15 heavy (non-hydrogen) atoms. The van der Waals surface area contributed by atoms with Gasteiger partial charge in [0.15, 0.2) is 0 Å². The molecule has 3 heteroatoms. The van der Waals surface area contributed by atoms with Crippen molar-refractivity contribution in [3.8, 4) is 0 Å². The van der Waals surface area contributed by atoms with Crippen molar-refractivity contribution in [2.24, 2.45) is 11.7 Å². The number of hydrogen-bond acceptors (Lipinski definition) is 3. The van der Waals surface area contributed by atoms with Crippen LogP contribution in [0.25, 0.3) is 0 Å². The van der Waals surface area contributed by atoms with Crippen molar-refractivity contribution in [3.63, 3.8) is 0 Å². The molecule has 2 rings (SSSR count). The van der Waals surface area contributed by atoms with Crippen molar-refractivity contribution in [1.29, 1.82) is 0 Å². The first kappa shape index (κ1) is 11.4. The molecule has 1 heterocycles. The van der Waals surface area contributed by atoms with Crippen LogP contribution in [-0.4, -0.2) is 43.8 Å². The lowest BCUT2D eigenvalue weighted by Crippen LogP contribution is -2.32. The van der Waals surface area contributed by atoms with Crippen molar-refractivity contribution in [2.45, 2.75) is 38.1 Å². The zero-order valence-electron chi connectivity index (χ0n) is 9.66. The third kappa shape index (κ3) is 3.44. The molecule has 1 saturated carbocycles. The molecule has 0 aromatic rings. The third-order valence-corrected chi connectivity index (χ3v) is 3.85. The zero-order chi connectivity index (χ0) is 10.5. The third-order valence-electron chi connectivity index (χ3n) is 3.85. The van der Waals surface area contributed by atoms with Crippen LogP contribution in [0.3, 0.4) is 0 Å². The highest BCUT2D eigenvalue weighted by molar-refractivity contribution is 4.81. The van der Waals surface area contributed by atoms with Gasteiger partial charge in [-0.1, -0.05) is 6.42 Å². The first-order valence-electron chi connectivity index (χ1n) is 6.42. The molecular weight excluding hydrogens is 188 g/mol. The smallest absolute Gasteiger partial charge is 0.0593 e. The van der Waals surface area contributed by atoms with Gasteiger partial charge in [-0.15, -0.1) is 0 Å². The van der Waals surface area contributed by atoms with E-state index in [2.05, 4.69) is 4.90 Å². The highest BCUT2D eigenvalue weighted by Crippen LogP contribution is 2.26. The molecule has 0 aromatic heterocycles. The number of rotatable bonds is 3. The first-order valence-corrected chi connectivity index (χ1v) is 6.42. The predicted molar refractivity (Wildman–Crippen MR) is 61.8 cm³/mol. The van der Waals surface area contributed by atoms with E-state index in [0.717, 1.165) is 25.7 Å². The van der Waals surface area contributed by atoms with Crippen LogP contribution in [0, 0.1) is 5.92 Å². The molecule has 0 aromatic carbocycles. The molecule has 3 nitrogen and oxygen atoms in total. The molecular formula is C12H24N2O. The quantitative estimate of drug-likeness (QED) is 0.764. The van der Waals surface area contributed by atoms with E-state index in [1.54, 1.807) is 0 Å². The van der Waals surface area contributed by atoms with Crippen LogP contribution in [0.1, 0.15) is 32.1 Å². The van der Waals surface area contributed by atoms with Crippen molar-refractivity contribution in [3.05, 3.63) is 0 Å². The van der Waals surface area contributed by atoms with E-state index >= 15 is 0 Å². The van der Waals surface area contributed by atoms with E-state index in [4.69, 9.17) is 10.5 Å². The maximum absolute atomic E-state index is 6.08. The Bertz CT molecular complexity index is 178. The fraction of sp³-hybridized carbons (Fsp3) is 1.00. The molecule has 0 bridgehead atoms. The van der Waals surface area contributed by atoms with E-state index in [1.165, 1.54) is 45.2 Å². The summed E-state index contributed by atoms with van der Waals surface area (Å²) in [6.45, 7) is 5.40. The zero-order valence-corrected chi connectivity index (χ0v) is 9.66. The summed E-state index contributed by atoms with van der Waals surface area (Å²) in [7, 11) is 0. The normalized spacial score (nSPS) is 34.2. The molecule has 2 atom stereocenters. The van der Waals surface area contributed by atoms with Gasteiger partial charge in [0.25, 0.3) is 0 Å². The Hall–Kier alpha value is -0.120. The highest BCUT2D eigenvalue weighted by atomic mass is 16.5. The molecule has 2 N–H and O–H groups in total. The van der Waals surface area contributed by atoms with Gasteiger partial charge >= 0.3 is 0 Å². The molecule has 2 unspecified atom stereocenters. The molecule has 0 amide bonds. The molecule has 0 spiro atoms. The highest BCUT2D eigenvalue weighted by Gasteiger charge is 2.24. The minimum atomic E-state index is 0.480. The van der Waals surface area contributed by atoms with Crippen molar-refractivity contribution in [1.82, 2.24) is 4.90 Å². The van der Waals surface area contributed by atoms with Crippen molar-refractivity contribution < 1.29 is 4.74 Å². The largest absolute Gasteiger partial charge is 0.380 e. The number of nitrogens with zero attached hydrogens (tertiary/aromatic N) is 1. The minimum Gasteiger partial charge on any atom is -0.380 e. The second-order valence-corrected chi connectivity index (χ2v) is 4.95. The molecule has 88 valence electrons. The summed E-state index contributed by atoms with van der Waals surface area (Å²) in [6.07, 6.45) is 6.42. The van der Waals surface area contributed by atoms with Gasteiger partial charge in [0, 0.05) is 25.7 Å². The lowest BCUT2D eigenvalue weighted by Gasteiger charge is -2.22. The molecule has 2 aliphatic rings. The second-order valence-electron chi connectivity index (χ2n) is 4.95. The minimum absolute atomic E-state index is 0.480. The molecule has 1 aliphatic heterocycles. The summed E-state index contributed by atoms with van der Waals surface area (Å²) < 4.78 is 5.45. The number of hydrogen-bond donors (Lipinski definition) is 1. The topological polar surface area (TPSA) is 38.5 Å². The van der Waals surface area contributed by atoms with Crippen LogP contribution < -0.4 is 5.73 Å². The lowest BCUT2D eigenvalue weighted by atomic mass is 10.00. The van der Waals surface area contributed by atoms with E-state index < -0.39 is 0 Å². The fourth-order valence-electron chi connectivity index (χ4n) is 2.79. The first-order chi connectivity index (χ1) is 7.36. The summed E-state index contributed by atoms with van der Waals surface area (Å²) >= 11 is 0. The Morgan fingerprint density at radius 1 is 1.13 bits per heavy atom. The number of ether oxygens (including phenoxy) is 1. The van der Waals surface area contributed by atoms with Crippen LogP contribution in [0.15, 0.2) is 0 Å². The van der Waals surface area contributed by atoms with Crippen molar-refractivity contribution >= 4 is 0 Å². The average Bonchev–Trinajstić information content (AvgIpc) is 2.53. The van der Waals surface area contributed by atoms with E-state index in [-0.39, 0.29) is 0 Å². The van der Waals surface area contributed by atoms with Gasteiger partial charge in [0.1, 0.15) is 0 Å². The molecule has 1 aliphatic carbocycles. The van der Waals surface area contributed by atoms with Gasteiger partial charge in [-0.2, -0.15) is 0 Å². The molecule has 0 radical (unpaired) electrons. The maximum atomic E-state index is 6.08. The van der Waals surface area contributed by atoms with Crippen LogP contribution in [-0.2, 0) is 4.74 Å². The maximum Gasteiger partial charge on any atom is 0.0593 e. The second kappa shape index (κ2) is 5.83. The summed E-state index contributed by atoms with van der Waals surface area (Å²) in [4.78, 5) is 2.54. The average molecular weight is 212 g/mol. The van der Waals surface area contributed by atoms with Crippen LogP contribution in [0.4, 0.5) is 0 Å². The Balaban J connectivity index is 1.67. The van der Waals surface area contributed by atoms with E-state index in [9.17, 15) is 0 Å². The Kier molecular flexibility index (Phi) is 4.42. The van der Waals surface area contributed by atoms with Crippen LogP contribution in [0.5, 0.6) is 0 Å². The van der Waals surface area contributed by atoms with E-state index in [0.29, 0.717) is 6.04 Å². The Morgan fingerprint density at radius 2 is 2.07 bits per heavy atom. The lowest BCUT2D eigenvalue weighted by molar-refractivity contribution is 0.140. The number of nitrogens with two attached hydrogens (primary N) is 1. The monoisotopic (exact) mass is 212 g/mol. The summed E-state index contributed by atoms with van der Waals surface area (Å²) in [5.74, 6) is 0.786. The van der Waals surface area contributed by atoms with Gasteiger partial charge < -0.3 is 15.4 Å². The fourth-order valence-corrected chi connectivity index (χ4v) is 2.79.